The quantitative estimate of drug-likeness (QED) is 0.557. The molecule has 0 aliphatic heterocycles. The Bertz CT molecular complexity index is 128. The fraction of sp³-hybridized carbons (Fsp3) is 1.00. The van der Waals surface area contributed by atoms with Crippen LogP contribution in [-0.2, 0) is 0 Å². The molecule has 0 spiro atoms. The standard InChI is InChI=1S/C11H25NO2/c1-4-10(13)6-5-7-11(14)8-12-9(2)3/h9-14H,4-8H2,1-3H3. The summed E-state index contributed by atoms with van der Waals surface area (Å²) in [5.41, 5.74) is 0. The summed E-state index contributed by atoms with van der Waals surface area (Å²) in [6, 6.07) is 0.422. The van der Waals surface area contributed by atoms with E-state index in [1.54, 1.807) is 0 Å². The first-order chi connectivity index (χ1) is 6.56. The highest BCUT2D eigenvalue weighted by molar-refractivity contribution is 4.63. The van der Waals surface area contributed by atoms with Crippen molar-refractivity contribution in [1.82, 2.24) is 5.32 Å². The van der Waals surface area contributed by atoms with E-state index in [9.17, 15) is 10.2 Å². The highest BCUT2D eigenvalue weighted by atomic mass is 16.3. The third kappa shape index (κ3) is 8.48. The zero-order chi connectivity index (χ0) is 11.0. The van der Waals surface area contributed by atoms with Crippen LogP contribution in [0.4, 0.5) is 0 Å². The second kappa shape index (κ2) is 8.21. The second-order valence-electron chi connectivity index (χ2n) is 4.21. The Morgan fingerprint density at radius 2 is 1.64 bits per heavy atom. The van der Waals surface area contributed by atoms with Crippen LogP contribution in [0.15, 0.2) is 0 Å². The number of rotatable bonds is 8. The van der Waals surface area contributed by atoms with Crippen LogP contribution < -0.4 is 5.32 Å². The average Bonchev–Trinajstić information content (AvgIpc) is 2.14. The van der Waals surface area contributed by atoms with E-state index in [-0.39, 0.29) is 12.2 Å². The molecular formula is C11H25NO2. The lowest BCUT2D eigenvalue weighted by atomic mass is 10.1. The van der Waals surface area contributed by atoms with Crippen LogP contribution in [-0.4, -0.2) is 35.0 Å². The molecular weight excluding hydrogens is 178 g/mol. The van der Waals surface area contributed by atoms with Gasteiger partial charge in [0.05, 0.1) is 12.2 Å². The molecule has 0 radical (unpaired) electrons. The van der Waals surface area contributed by atoms with E-state index in [0.717, 1.165) is 25.7 Å². The third-order valence-corrected chi connectivity index (χ3v) is 2.31. The van der Waals surface area contributed by atoms with Gasteiger partial charge in [-0.05, 0) is 25.7 Å². The molecule has 0 rings (SSSR count). The minimum Gasteiger partial charge on any atom is -0.393 e. The number of hydrogen-bond donors (Lipinski definition) is 3. The van der Waals surface area contributed by atoms with Crippen molar-refractivity contribution in [3.63, 3.8) is 0 Å². The summed E-state index contributed by atoms with van der Waals surface area (Å²) in [5, 5.41) is 22.0. The molecule has 0 aliphatic carbocycles. The Hall–Kier alpha value is -0.120. The first-order valence-electron chi connectivity index (χ1n) is 5.65. The van der Waals surface area contributed by atoms with Crippen LogP contribution in [0.5, 0.6) is 0 Å². The summed E-state index contributed by atoms with van der Waals surface area (Å²) in [5.74, 6) is 0. The molecule has 14 heavy (non-hydrogen) atoms. The van der Waals surface area contributed by atoms with Crippen LogP contribution in [0.25, 0.3) is 0 Å². The molecule has 3 N–H and O–H groups in total. The molecule has 0 aliphatic rings. The molecule has 3 heteroatoms. The van der Waals surface area contributed by atoms with Gasteiger partial charge in [0.15, 0.2) is 0 Å². The van der Waals surface area contributed by atoms with Crippen molar-refractivity contribution >= 4 is 0 Å². The van der Waals surface area contributed by atoms with Gasteiger partial charge in [0.1, 0.15) is 0 Å². The Morgan fingerprint density at radius 1 is 1.07 bits per heavy atom. The Kier molecular flexibility index (Phi) is 8.14. The smallest absolute Gasteiger partial charge is 0.0664 e. The molecule has 0 saturated carbocycles. The Morgan fingerprint density at radius 3 is 2.14 bits per heavy atom. The SMILES string of the molecule is CCC(O)CCCC(O)CNC(C)C. The maximum atomic E-state index is 9.54. The van der Waals surface area contributed by atoms with Crippen LogP contribution in [0.1, 0.15) is 46.5 Å². The summed E-state index contributed by atoms with van der Waals surface area (Å²) in [7, 11) is 0. The van der Waals surface area contributed by atoms with Crippen molar-refractivity contribution in [1.29, 1.82) is 0 Å². The molecule has 0 bridgehead atoms. The monoisotopic (exact) mass is 203 g/mol. The van der Waals surface area contributed by atoms with E-state index < -0.39 is 0 Å². The summed E-state index contributed by atoms with van der Waals surface area (Å²) < 4.78 is 0. The van der Waals surface area contributed by atoms with Gasteiger partial charge in [0.25, 0.3) is 0 Å². The van der Waals surface area contributed by atoms with Gasteiger partial charge in [-0.1, -0.05) is 20.8 Å². The van der Waals surface area contributed by atoms with Gasteiger partial charge >= 0.3 is 0 Å². The predicted molar refractivity (Wildman–Crippen MR) is 59.3 cm³/mol. The maximum absolute atomic E-state index is 9.54. The number of nitrogens with one attached hydrogen (secondary N) is 1. The molecule has 0 saturated heterocycles. The summed E-state index contributed by atoms with van der Waals surface area (Å²) >= 11 is 0. The first kappa shape index (κ1) is 13.9. The molecule has 3 nitrogen and oxygen atoms in total. The fourth-order valence-corrected chi connectivity index (χ4v) is 1.27. The van der Waals surface area contributed by atoms with Crippen molar-refractivity contribution in [2.75, 3.05) is 6.54 Å². The molecule has 86 valence electrons. The van der Waals surface area contributed by atoms with Crippen LogP contribution in [0.2, 0.25) is 0 Å². The molecule has 2 unspecified atom stereocenters. The summed E-state index contributed by atoms with van der Waals surface area (Å²) in [6.45, 7) is 6.75. The maximum Gasteiger partial charge on any atom is 0.0664 e. The first-order valence-corrected chi connectivity index (χ1v) is 5.65. The minimum atomic E-state index is -0.276. The minimum absolute atomic E-state index is 0.194. The van der Waals surface area contributed by atoms with E-state index >= 15 is 0 Å². The number of aliphatic hydroxyl groups is 2. The molecule has 0 aromatic carbocycles. The summed E-state index contributed by atoms with van der Waals surface area (Å²) in [6.07, 6.45) is 2.81. The van der Waals surface area contributed by atoms with Crippen molar-refractivity contribution < 1.29 is 10.2 Å². The molecule has 0 aromatic heterocycles. The number of aliphatic hydroxyl groups excluding tert-OH is 2. The van der Waals surface area contributed by atoms with Gasteiger partial charge in [-0.3, -0.25) is 0 Å². The normalized spacial score (nSPS) is 15.9. The van der Waals surface area contributed by atoms with E-state index in [1.807, 2.05) is 6.92 Å². The van der Waals surface area contributed by atoms with Gasteiger partial charge in [-0.15, -0.1) is 0 Å². The van der Waals surface area contributed by atoms with Crippen LogP contribution >= 0.6 is 0 Å². The molecule has 0 heterocycles. The van der Waals surface area contributed by atoms with Crippen LogP contribution in [0, 0.1) is 0 Å². The lowest BCUT2D eigenvalue weighted by molar-refractivity contribution is 0.129. The molecule has 0 amide bonds. The van der Waals surface area contributed by atoms with E-state index in [4.69, 9.17) is 0 Å². The van der Waals surface area contributed by atoms with Crippen LogP contribution in [0.3, 0.4) is 0 Å². The molecule has 2 atom stereocenters. The lowest BCUT2D eigenvalue weighted by Gasteiger charge is -2.14. The van der Waals surface area contributed by atoms with Crippen molar-refractivity contribution in [2.45, 2.75) is 64.7 Å². The molecule has 0 aromatic rings. The van der Waals surface area contributed by atoms with Gasteiger partial charge in [0.2, 0.25) is 0 Å². The predicted octanol–water partition coefficient (Wildman–Crippen LogP) is 1.29. The average molecular weight is 203 g/mol. The van der Waals surface area contributed by atoms with Gasteiger partial charge in [0, 0.05) is 12.6 Å². The summed E-state index contributed by atoms with van der Waals surface area (Å²) in [4.78, 5) is 0. The Balaban J connectivity index is 3.30. The van der Waals surface area contributed by atoms with E-state index in [2.05, 4.69) is 19.2 Å². The largest absolute Gasteiger partial charge is 0.393 e. The highest BCUT2D eigenvalue weighted by Gasteiger charge is 2.06. The zero-order valence-electron chi connectivity index (χ0n) is 9.66. The third-order valence-electron chi connectivity index (χ3n) is 2.31. The zero-order valence-corrected chi connectivity index (χ0v) is 9.66. The van der Waals surface area contributed by atoms with Gasteiger partial charge in [-0.25, -0.2) is 0 Å². The van der Waals surface area contributed by atoms with Crippen molar-refractivity contribution in [2.24, 2.45) is 0 Å². The topological polar surface area (TPSA) is 52.5 Å². The second-order valence-corrected chi connectivity index (χ2v) is 4.21. The Labute approximate surface area is 87.5 Å². The van der Waals surface area contributed by atoms with Crippen molar-refractivity contribution in [3.8, 4) is 0 Å². The highest BCUT2D eigenvalue weighted by Crippen LogP contribution is 2.06. The van der Waals surface area contributed by atoms with E-state index in [1.165, 1.54) is 0 Å². The fourth-order valence-electron chi connectivity index (χ4n) is 1.27. The molecule has 0 fully saturated rings. The van der Waals surface area contributed by atoms with Gasteiger partial charge < -0.3 is 15.5 Å². The van der Waals surface area contributed by atoms with Gasteiger partial charge in [-0.2, -0.15) is 0 Å². The van der Waals surface area contributed by atoms with E-state index in [0.29, 0.717) is 12.6 Å². The van der Waals surface area contributed by atoms with Crippen molar-refractivity contribution in [3.05, 3.63) is 0 Å². The lowest BCUT2D eigenvalue weighted by Crippen LogP contribution is -2.31. The number of hydrogen-bond acceptors (Lipinski definition) is 3.